The Morgan fingerprint density at radius 1 is 1.32 bits per heavy atom. The molecule has 25 heavy (non-hydrogen) atoms. The molecule has 0 bridgehead atoms. The Balaban J connectivity index is 1.74. The number of ether oxygens (including phenoxy) is 2. The summed E-state index contributed by atoms with van der Waals surface area (Å²) in [6.45, 7) is 6.01. The predicted octanol–water partition coefficient (Wildman–Crippen LogP) is 1.97. The molecule has 1 saturated heterocycles. The second kappa shape index (κ2) is 10.1. The Hall–Kier alpha value is -1.95. The van der Waals surface area contributed by atoms with Crippen molar-refractivity contribution < 1.29 is 9.47 Å². The van der Waals surface area contributed by atoms with Gasteiger partial charge in [0, 0.05) is 20.1 Å². The first kappa shape index (κ1) is 19.4. The molecule has 0 saturated carbocycles. The minimum absolute atomic E-state index is 0.00401. The third-order valence-electron chi connectivity index (χ3n) is 4.46. The molecule has 0 aliphatic carbocycles. The molecule has 2 N–H and O–H groups in total. The van der Waals surface area contributed by atoms with Crippen LogP contribution in [0.3, 0.4) is 0 Å². The molecule has 1 fully saturated rings. The van der Waals surface area contributed by atoms with Crippen molar-refractivity contribution in [3.8, 4) is 11.5 Å². The molecule has 0 aromatic heterocycles. The summed E-state index contributed by atoms with van der Waals surface area (Å²) in [7, 11) is 5.64. The standard InChI is InChI=1S/C19H32N4O2/c1-15(25-18-10-6-5-9-17(18)24-4)12-21-19(20-2)22-13-16-8-7-11-23(3)14-16/h5-6,9-10,15-16H,7-8,11-14H2,1-4H3,(H2,20,21,22). The van der Waals surface area contributed by atoms with E-state index in [2.05, 4.69) is 27.6 Å². The number of nitrogens with one attached hydrogen (secondary N) is 2. The Kier molecular flexibility index (Phi) is 7.85. The molecule has 0 radical (unpaired) electrons. The van der Waals surface area contributed by atoms with Crippen LogP contribution in [0.2, 0.25) is 0 Å². The van der Waals surface area contributed by atoms with E-state index >= 15 is 0 Å². The van der Waals surface area contributed by atoms with Gasteiger partial charge >= 0.3 is 0 Å². The maximum atomic E-state index is 5.96. The highest BCUT2D eigenvalue weighted by Crippen LogP contribution is 2.26. The zero-order chi connectivity index (χ0) is 18.1. The van der Waals surface area contributed by atoms with Gasteiger partial charge in [-0.25, -0.2) is 0 Å². The van der Waals surface area contributed by atoms with Crippen molar-refractivity contribution in [3.63, 3.8) is 0 Å². The summed E-state index contributed by atoms with van der Waals surface area (Å²) in [5.41, 5.74) is 0. The molecule has 1 aliphatic rings. The Bertz CT molecular complexity index is 550. The van der Waals surface area contributed by atoms with E-state index < -0.39 is 0 Å². The number of guanidine groups is 1. The van der Waals surface area contributed by atoms with E-state index in [1.54, 1.807) is 14.2 Å². The smallest absolute Gasteiger partial charge is 0.191 e. The van der Waals surface area contributed by atoms with Crippen LogP contribution in [0.15, 0.2) is 29.3 Å². The summed E-state index contributed by atoms with van der Waals surface area (Å²) >= 11 is 0. The molecule has 0 amide bonds. The monoisotopic (exact) mass is 348 g/mol. The van der Waals surface area contributed by atoms with Gasteiger partial charge in [-0.15, -0.1) is 0 Å². The molecule has 0 spiro atoms. The first-order valence-corrected chi connectivity index (χ1v) is 9.05. The number of hydrogen-bond acceptors (Lipinski definition) is 4. The van der Waals surface area contributed by atoms with Gasteiger partial charge in [0.2, 0.25) is 0 Å². The lowest BCUT2D eigenvalue weighted by Crippen LogP contribution is -2.45. The number of likely N-dealkylation sites (tertiary alicyclic amines) is 1. The van der Waals surface area contributed by atoms with Crippen LogP contribution in [0.4, 0.5) is 0 Å². The average Bonchev–Trinajstić information content (AvgIpc) is 2.62. The molecule has 140 valence electrons. The third-order valence-corrected chi connectivity index (χ3v) is 4.46. The van der Waals surface area contributed by atoms with Gasteiger partial charge in [-0.2, -0.15) is 0 Å². The quantitative estimate of drug-likeness (QED) is 0.583. The van der Waals surface area contributed by atoms with Gasteiger partial charge in [0.1, 0.15) is 6.10 Å². The number of nitrogens with zero attached hydrogens (tertiary/aromatic N) is 2. The van der Waals surface area contributed by atoms with Gasteiger partial charge in [0.05, 0.1) is 13.7 Å². The summed E-state index contributed by atoms with van der Waals surface area (Å²) in [6, 6.07) is 7.70. The maximum absolute atomic E-state index is 5.96. The fraction of sp³-hybridized carbons (Fsp3) is 0.632. The number of benzene rings is 1. The highest BCUT2D eigenvalue weighted by molar-refractivity contribution is 5.79. The van der Waals surface area contributed by atoms with Crippen LogP contribution in [0.5, 0.6) is 11.5 Å². The minimum atomic E-state index is -0.00401. The fourth-order valence-corrected chi connectivity index (χ4v) is 3.12. The van der Waals surface area contributed by atoms with Crippen LogP contribution < -0.4 is 20.1 Å². The van der Waals surface area contributed by atoms with Crippen molar-refractivity contribution >= 4 is 5.96 Å². The van der Waals surface area contributed by atoms with Crippen LogP contribution in [0, 0.1) is 5.92 Å². The van der Waals surface area contributed by atoms with Crippen molar-refractivity contribution in [2.24, 2.45) is 10.9 Å². The number of para-hydroxylation sites is 2. The zero-order valence-electron chi connectivity index (χ0n) is 15.9. The Morgan fingerprint density at radius 3 is 2.76 bits per heavy atom. The summed E-state index contributed by atoms with van der Waals surface area (Å²) in [6.07, 6.45) is 2.55. The molecule has 6 nitrogen and oxygen atoms in total. The molecular weight excluding hydrogens is 316 g/mol. The third kappa shape index (κ3) is 6.46. The number of aliphatic imine (C=N–C) groups is 1. The number of piperidine rings is 1. The first-order valence-electron chi connectivity index (χ1n) is 9.05. The van der Waals surface area contributed by atoms with Gasteiger partial charge in [0.15, 0.2) is 17.5 Å². The van der Waals surface area contributed by atoms with Crippen LogP contribution >= 0.6 is 0 Å². The van der Waals surface area contributed by atoms with Gasteiger partial charge in [-0.3, -0.25) is 4.99 Å². The van der Waals surface area contributed by atoms with E-state index in [-0.39, 0.29) is 6.10 Å². The van der Waals surface area contributed by atoms with E-state index in [4.69, 9.17) is 9.47 Å². The Morgan fingerprint density at radius 2 is 2.08 bits per heavy atom. The van der Waals surface area contributed by atoms with Gasteiger partial charge < -0.3 is 25.0 Å². The van der Waals surface area contributed by atoms with Crippen LogP contribution in [0.25, 0.3) is 0 Å². The normalized spacial score (nSPS) is 20.0. The molecule has 1 aromatic rings. The minimum Gasteiger partial charge on any atom is -0.493 e. The lowest BCUT2D eigenvalue weighted by molar-refractivity contribution is 0.208. The number of hydrogen-bond donors (Lipinski definition) is 2. The highest BCUT2D eigenvalue weighted by atomic mass is 16.5. The van der Waals surface area contributed by atoms with Crippen molar-refractivity contribution in [2.45, 2.75) is 25.9 Å². The van der Waals surface area contributed by atoms with E-state index in [9.17, 15) is 0 Å². The Labute approximate surface area is 151 Å². The van der Waals surface area contributed by atoms with Crippen molar-refractivity contribution in [1.82, 2.24) is 15.5 Å². The topological polar surface area (TPSA) is 58.1 Å². The molecule has 6 heteroatoms. The molecule has 1 aromatic carbocycles. The van der Waals surface area contributed by atoms with E-state index in [1.165, 1.54) is 19.4 Å². The second-order valence-electron chi connectivity index (χ2n) is 6.68. The van der Waals surface area contributed by atoms with Crippen LogP contribution in [-0.4, -0.2) is 64.3 Å². The lowest BCUT2D eigenvalue weighted by Gasteiger charge is -2.30. The lowest BCUT2D eigenvalue weighted by atomic mass is 9.99. The number of methoxy groups -OCH3 is 1. The van der Waals surface area contributed by atoms with Gasteiger partial charge in [0.25, 0.3) is 0 Å². The number of rotatable bonds is 7. The average molecular weight is 348 g/mol. The van der Waals surface area contributed by atoms with Crippen molar-refractivity contribution in [3.05, 3.63) is 24.3 Å². The summed E-state index contributed by atoms with van der Waals surface area (Å²) in [4.78, 5) is 6.70. The highest BCUT2D eigenvalue weighted by Gasteiger charge is 2.17. The maximum Gasteiger partial charge on any atom is 0.191 e. The SMILES string of the molecule is CN=C(NCC1CCCN(C)C1)NCC(C)Oc1ccccc1OC. The second-order valence-corrected chi connectivity index (χ2v) is 6.68. The summed E-state index contributed by atoms with van der Waals surface area (Å²) in [5.74, 6) is 3.01. The van der Waals surface area contributed by atoms with Crippen molar-refractivity contribution in [1.29, 1.82) is 0 Å². The predicted molar refractivity (Wildman–Crippen MR) is 103 cm³/mol. The van der Waals surface area contributed by atoms with E-state index in [0.29, 0.717) is 12.5 Å². The van der Waals surface area contributed by atoms with Gasteiger partial charge in [-0.1, -0.05) is 12.1 Å². The molecular formula is C19H32N4O2. The van der Waals surface area contributed by atoms with E-state index in [1.807, 2.05) is 31.2 Å². The molecule has 1 heterocycles. The van der Waals surface area contributed by atoms with Gasteiger partial charge in [-0.05, 0) is 51.4 Å². The summed E-state index contributed by atoms with van der Waals surface area (Å²) in [5, 5.41) is 6.77. The molecule has 2 rings (SSSR count). The largest absolute Gasteiger partial charge is 0.493 e. The van der Waals surface area contributed by atoms with E-state index in [0.717, 1.165) is 30.5 Å². The summed E-state index contributed by atoms with van der Waals surface area (Å²) < 4.78 is 11.3. The fourth-order valence-electron chi connectivity index (χ4n) is 3.12. The zero-order valence-corrected chi connectivity index (χ0v) is 15.9. The molecule has 2 atom stereocenters. The first-order chi connectivity index (χ1) is 12.1. The van der Waals surface area contributed by atoms with Crippen molar-refractivity contribution in [2.75, 3.05) is 47.4 Å². The van der Waals surface area contributed by atoms with Crippen LogP contribution in [0.1, 0.15) is 19.8 Å². The molecule has 2 unspecified atom stereocenters. The van der Waals surface area contributed by atoms with Crippen LogP contribution in [-0.2, 0) is 0 Å². The molecule has 1 aliphatic heterocycles.